The molecule has 3 aromatic rings. The van der Waals surface area contributed by atoms with Gasteiger partial charge in [0.25, 0.3) is 11.8 Å². The Kier molecular flexibility index (Phi) is 8.16. The molecule has 0 radical (unpaired) electrons. The third-order valence-corrected chi connectivity index (χ3v) is 5.26. The third kappa shape index (κ3) is 6.63. The maximum atomic E-state index is 12.9. The maximum absolute atomic E-state index is 12.9. The Morgan fingerprint density at radius 3 is 2.39 bits per heavy atom. The number of benzene rings is 3. The monoisotopic (exact) mass is 461 g/mol. The number of thiocarbonyl (C=S) groups is 1. The minimum absolute atomic E-state index is 0.0574. The van der Waals surface area contributed by atoms with E-state index in [1.807, 2.05) is 50.2 Å². The van der Waals surface area contributed by atoms with E-state index in [-0.39, 0.29) is 23.0 Å². The number of ether oxygens (including phenoxy) is 1. The lowest BCUT2D eigenvalue weighted by Crippen LogP contribution is -2.34. The summed E-state index contributed by atoms with van der Waals surface area (Å²) in [5.74, 6) is 0.126. The second-order valence-corrected chi connectivity index (χ2v) is 7.96. The number of carbonyl (C=O) groups excluding carboxylic acids is 2. The van der Waals surface area contributed by atoms with Crippen LogP contribution in [0.15, 0.2) is 78.9 Å². The van der Waals surface area contributed by atoms with Crippen LogP contribution in [0.4, 0.5) is 11.4 Å². The minimum Gasteiger partial charge on any atom is -0.491 e. The van der Waals surface area contributed by atoms with Crippen LogP contribution in [0.3, 0.4) is 0 Å². The third-order valence-electron chi connectivity index (χ3n) is 5.05. The van der Waals surface area contributed by atoms with E-state index < -0.39 is 0 Å². The molecule has 2 amide bonds. The Balaban J connectivity index is 1.63. The highest BCUT2D eigenvalue weighted by Crippen LogP contribution is 2.18. The summed E-state index contributed by atoms with van der Waals surface area (Å²) in [6.07, 6.45) is 0.926. The Morgan fingerprint density at radius 2 is 1.67 bits per heavy atom. The highest BCUT2D eigenvalue weighted by atomic mass is 32.1. The van der Waals surface area contributed by atoms with E-state index in [1.165, 1.54) is 0 Å². The normalized spacial score (nSPS) is 11.2. The first-order valence-corrected chi connectivity index (χ1v) is 11.1. The lowest BCUT2D eigenvalue weighted by molar-refractivity contribution is 0.0973. The van der Waals surface area contributed by atoms with Crippen LogP contribution >= 0.6 is 12.2 Å². The first kappa shape index (κ1) is 23.9. The van der Waals surface area contributed by atoms with E-state index in [0.29, 0.717) is 22.6 Å². The Labute approximate surface area is 199 Å². The van der Waals surface area contributed by atoms with Gasteiger partial charge in [0, 0.05) is 29.5 Å². The fraction of sp³-hybridized carbons (Fsp3) is 0.192. The smallest absolute Gasteiger partial charge is 0.258 e. The molecule has 7 heteroatoms. The molecule has 0 aliphatic carbocycles. The van der Waals surface area contributed by atoms with Gasteiger partial charge in [-0.1, -0.05) is 37.3 Å². The lowest BCUT2D eigenvalue weighted by Gasteiger charge is -2.18. The number of amides is 2. The van der Waals surface area contributed by atoms with Gasteiger partial charge in [0.1, 0.15) is 5.75 Å². The van der Waals surface area contributed by atoms with Gasteiger partial charge in [-0.3, -0.25) is 14.9 Å². The number of carbonyl (C=O) groups is 2. The van der Waals surface area contributed by atoms with E-state index in [0.717, 1.165) is 12.1 Å². The van der Waals surface area contributed by atoms with Crippen molar-refractivity contribution in [2.24, 2.45) is 0 Å². The summed E-state index contributed by atoms with van der Waals surface area (Å²) >= 11 is 5.30. The van der Waals surface area contributed by atoms with Gasteiger partial charge in [0.05, 0.1) is 6.10 Å². The number of para-hydroxylation sites is 1. The maximum Gasteiger partial charge on any atom is 0.258 e. The molecule has 3 rings (SSSR count). The zero-order valence-corrected chi connectivity index (χ0v) is 19.7. The van der Waals surface area contributed by atoms with Crippen LogP contribution in [0.1, 0.15) is 41.0 Å². The number of rotatable bonds is 7. The molecule has 170 valence electrons. The fourth-order valence-electron chi connectivity index (χ4n) is 3.06. The van der Waals surface area contributed by atoms with Crippen molar-refractivity contribution < 1.29 is 14.3 Å². The molecule has 33 heavy (non-hydrogen) atoms. The van der Waals surface area contributed by atoms with E-state index >= 15 is 0 Å². The van der Waals surface area contributed by atoms with E-state index in [2.05, 4.69) is 10.6 Å². The quantitative estimate of drug-likeness (QED) is 0.469. The predicted octanol–water partition coefficient (Wildman–Crippen LogP) is 5.27. The van der Waals surface area contributed by atoms with Crippen molar-refractivity contribution in [3.63, 3.8) is 0 Å². The van der Waals surface area contributed by atoms with Crippen LogP contribution < -0.4 is 20.3 Å². The number of anilines is 2. The van der Waals surface area contributed by atoms with Crippen molar-refractivity contribution in [3.8, 4) is 5.75 Å². The summed E-state index contributed by atoms with van der Waals surface area (Å²) in [5.41, 5.74) is 2.33. The van der Waals surface area contributed by atoms with Gasteiger partial charge in [-0.2, -0.15) is 0 Å². The largest absolute Gasteiger partial charge is 0.491 e. The van der Waals surface area contributed by atoms with Crippen molar-refractivity contribution in [2.45, 2.75) is 26.4 Å². The molecule has 0 fully saturated rings. The van der Waals surface area contributed by atoms with Gasteiger partial charge in [0.15, 0.2) is 5.11 Å². The van der Waals surface area contributed by atoms with Crippen LogP contribution in [0.2, 0.25) is 0 Å². The van der Waals surface area contributed by atoms with Crippen molar-refractivity contribution in [2.75, 3.05) is 17.3 Å². The SMILES string of the molecule is CCC(C)Oc1cccc(C(=O)NC(=S)Nc2cccc(C(=O)N(C)c3ccccc3)c2)c1. The van der Waals surface area contributed by atoms with Gasteiger partial charge < -0.3 is 15.0 Å². The van der Waals surface area contributed by atoms with Crippen molar-refractivity contribution in [3.05, 3.63) is 90.0 Å². The molecule has 0 aliphatic heterocycles. The molecule has 0 saturated heterocycles. The summed E-state index contributed by atoms with van der Waals surface area (Å²) in [5, 5.41) is 5.77. The zero-order chi connectivity index (χ0) is 23.8. The highest BCUT2D eigenvalue weighted by molar-refractivity contribution is 7.80. The Hall–Kier alpha value is -3.71. The van der Waals surface area contributed by atoms with Crippen molar-refractivity contribution in [1.29, 1.82) is 0 Å². The lowest BCUT2D eigenvalue weighted by atomic mass is 10.1. The van der Waals surface area contributed by atoms with E-state index in [4.69, 9.17) is 17.0 Å². The van der Waals surface area contributed by atoms with Crippen LogP contribution in [-0.2, 0) is 0 Å². The first-order chi connectivity index (χ1) is 15.9. The standard InChI is InChI=1S/C26H27N3O3S/c1-4-18(2)32-23-15-9-10-19(17-23)24(30)28-26(33)27-21-12-8-11-20(16-21)25(31)29(3)22-13-6-5-7-14-22/h5-18H,4H2,1-3H3,(H2,27,28,30,33). The second kappa shape index (κ2) is 11.2. The van der Waals surface area contributed by atoms with Crippen molar-refractivity contribution >= 4 is 40.5 Å². The van der Waals surface area contributed by atoms with Gasteiger partial charge in [-0.25, -0.2) is 0 Å². The van der Waals surface area contributed by atoms with Crippen LogP contribution in [-0.4, -0.2) is 30.1 Å². The molecule has 2 N–H and O–H groups in total. The topological polar surface area (TPSA) is 70.7 Å². The molecule has 0 saturated carbocycles. The zero-order valence-electron chi connectivity index (χ0n) is 18.9. The van der Waals surface area contributed by atoms with Crippen molar-refractivity contribution in [1.82, 2.24) is 5.32 Å². The molecular weight excluding hydrogens is 434 g/mol. The number of hydrogen-bond acceptors (Lipinski definition) is 4. The van der Waals surface area contributed by atoms with E-state index in [1.54, 1.807) is 54.4 Å². The summed E-state index contributed by atoms with van der Waals surface area (Å²) in [6, 6.07) is 23.3. The Morgan fingerprint density at radius 1 is 0.970 bits per heavy atom. The molecule has 0 aliphatic rings. The summed E-state index contributed by atoms with van der Waals surface area (Å²) < 4.78 is 5.78. The highest BCUT2D eigenvalue weighted by Gasteiger charge is 2.15. The molecule has 0 spiro atoms. The van der Waals surface area contributed by atoms with E-state index in [9.17, 15) is 9.59 Å². The predicted molar refractivity (Wildman–Crippen MR) is 136 cm³/mol. The van der Waals surface area contributed by atoms with Crippen LogP contribution in [0, 0.1) is 0 Å². The van der Waals surface area contributed by atoms with Crippen LogP contribution in [0.5, 0.6) is 5.75 Å². The molecule has 1 unspecified atom stereocenters. The number of nitrogens with zero attached hydrogens (tertiary/aromatic N) is 1. The molecule has 6 nitrogen and oxygen atoms in total. The minimum atomic E-state index is -0.349. The number of hydrogen-bond donors (Lipinski definition) is 2. The molecular formula is C26H27N3O3S. The summed E-state index contributed by atoms with van der Waals surface area (Å²) in [4.78, 5) is 27.1. The summed E-state index contributed by atoms with van der Waals surface area (Å²) in [6.45, 7) is 4.01. The van der Waals surface area contributed by atoms with Gasteiger partial charge >= 0.3 is 0 Å². The van der Waals surface area contributed by atoms with Gasteiger partial charge in [0.2, 0.25) is 0 Å². The van der Waals surface area contributed by atoms with Gasteiger partial charge in [-0.05, 0) is 74.1 Å². The molecule has 3 aromatic carbocycles. The second-order valence-electron chi connectivity index (χ2n) is 7.55. The fourth-order valence-corrected chi connectivity index (χ4v) is 3.27. The number of nitrogens with one attached hydrogen (secondary N) is 2. The average molecular weight is 462 g/mol. The molecule has 0 heterocycles. The molecule has 0 bridgehead atoms. The molecule has 1 atom stereocenters. The summed E-state index contributed by atoms with van der Waals surface area (Å²) in [7, 11) is 1.72. The average Bonchev–Trinajstić information content (AvgIpc) is 2.83. The first-order valence-electron chi connectivity index (χ1n) is 10.7. The van der Waals surface area contributed by atoms with Crippen LogP contribution in [0.25, 0.3) is 0 Å². The van der Waals surface area contributed by atoms with Gasteiger partial charge in [-0.15, -0.1) is 0 Å². The Bertz CT molecular complexity index is 1130. The molecule has 0 aromatic heterocycles.